The number of nitrogens with zero attached hydrogens (tertiary/aromatic N) is 1. The molecule has 3 N–H and O–H groups in total. The van der Waals surface area contributed by atoms with E-state index in [0.717, 1.165) is 19.5 Å². The van der Waals surface area contributed by atoms with Gasteiger partial charge in [0, 0.05) is 32.3 Å². The minimum Gasteiger partial charge on any atom is -0.395 e. The molecule has 1 fully saturated rings. The molecule has 96 valence electrons. The summed E-state index contributed by atoms with van der Waals surface area (Å²) in [6, 6.07) is 0.0215. The first kappa shape index (κ1) is 13.9. The van der Waals surface area contributed by atoms with Crippen LogP contribution in [0.4, 0.5) is 0 Å². The molecule has 0 aromatic rings. The van der Waals surface area contributed by atoms with Gasteiger partial charge in [0.25, 0.3) is 0 Å². The first-order valence-electron chi connectivity index (χ1n) is 6.03. The number of nitrogens with two attached hydrogens (primary N) is 1. The Morgan fingerprint density at radius 3 is 2.50 bits per heavy atom. The van der Waals surface area contributed by atoms with E-state index in [1.807, 2.05) is 0 Å². The summed E-state index contributed by atoms with van der Waals surface area (Å²) in [5, 5.41) is 9.52. The van der Waals surface area contributed by atoms with Crippen molar-refractivity contribution in [3.8, 4) is 0 Å². The van der Waals surface area contributed by atoms with E-state index in [1.165, 1.54) is 0 Å². The molecule has 1 rings (SSSR count). The van der Waals surface area contributed by atoms with Crippen LogP contribution in [0.5, 0.6) is 0 Å². The normalized spacial score (nSPS) is 27.0. The van der Waals surface area contributed by atoms with Crippen LogP contribution in [0.15, 0.2) is 0 Å². The van der Waals surface area contributed by atoms with Crippen LogP contribution in [0.3, 0.4) is 0 Å². The van der Waals surface area contributed by atoms with Gasteiger partial charge in [-0.15, -0.1) is 0 Å². The number of hydrogen-bond donors (Lipinski definition) is 2. The van der Waals surface area contributed by atoms with Crippen LogP contribution in [-0.2, 0) is 4.74 Å². The number of methoxy groups -OCH3 is 1. The fraction of sp³-hybridized carbons (Fsp3) is 1.00. The summed E-state index contributed by atoms with van der Waals surface area (Å²) < 4.78 is 5.34. The second-order valence-corrected chi connectivity index (χ2v) is 5.78. The van der Waals surface area contributed by atoms with Gasteiger partial charge < -0.3 is 15.6 Å². The fourth-order valence-corrected chi connectivity index (χ4v) is 2.28. The summed E-state index contributed by atoms with van der Waals surface area (Å²) in [5.74, 6) is 0. The third kappa shape index (κ3) is 3.17. The number of aliphatic hydroxyl groups excluding tert-OH is 1. The Labute approximate surface area is 98.8 Å². The van der Waals surface area contributed by atoms with Crippen molar-refractivity contribution in [2.24, 2.45) is 11.1 Å². The lowest BCUT2D eigenvalue weighted by Gasteiger charge is -2.38. The van der Waals surface area contributed by atoms with Gasteiger partial charge in [0.05, 0.1) is 12.7 Å². The summed E-state index contributed by atoms with van der Waals surface area (Å²) in [6.07, 6.45) is 1.32. The minimum atomic E-state index is -0.0203. The van der Waals surface area contributed by atoms with Crippen LogP contribution in [0.2, 0.25) is 0 Å². The highest BCUT2D eigenvalue weighted by atomic mass is 16.5. The number of aliphatic hydroxyl groups is 1. The van der Waals surface area contributed by atoms with E-state index in [2.05, 4.69) is 25.7 Å². The molecular formula is C12H26N2O2. The maximum atomic E-state index is 9.52. The maximum absolute atomic E-state index is 9.52. The second kappa shape index (κ2) is 5.45. The summed E-state index contributed by atoms with van der Waals surface area (Å²) in [5.41, 5.74) is 6.24. The Bertz CT molecular complexity index is 216. The predicted molar refractivity (Wildman–Crippen MR) is 65.3 cm³/mol. The summed E-state index contributed by atoms with van der Waals surface area (Å²) in [7, 11) is 1.74. The van der Waals surface area contributed by atoms with Gasteiger partial charge in [0.15, 0.2) is 0 Å². The highest BCUT2D eigenvalue weighted by molar-refractivity contribution is 4.92. The predicted octanol–water partition coefficient (Wildman–Crippen LogP) is 0.441. The number of likely N-dealkylation sites (tertiary alicyclic amines) is 1. The highest BCUT2D eigenvalue weighted by Crippen LogP contribution is 2.25. The van der Waals surface area contributed by atoms with Crippen molar-refractivity contribution in [3.63, 3.8) is 0 Å². The maximum Gasteiger partial charge on any atom is 0.0710 e. The van der Waals surface area contributed by atoms with Crippen molar-refractivity contribution < 1.29 is 9.84 Å². The Morgan fingerprint density at radius 2 is 2.12 bits per heavy atom. The van der Waals surface area contributed by atoms with Gasteiger partial charge in [0.1, 0.15) is 0 Å². The summed E-state index contributed by atoms with van der Waals surface area (Å²) in [4.78, 5) is 2.25. The van der Waals surface area contributed by atoms with Crippen LogP contribution in [-0.4, -0.2) is 55.0 Å². The van der Waals surface area contributed by atoms with Crippen LogP contribution >= 0.6 is 0 Å². The van der Waals surface area contributed by atoms with E-state index < -0.39 is 0 Å². The Morgan fingerprint density at radius 1 is 1.50 bits per heavy atom. The van der Waals surface area contributed by atoms with Gasteiger partial charge in [-0.05, 0) is 11.8 Å². The zero-order valence-electron chi connectivity index (χ0n) is 10.9. The van der Waals surface area contributed by atoms with Crippen LogP contribution < -0.4 is 5.73 Å². The highest BCUT2D eigenvalue weighted by Gasteiger charge is 2.36. The van der Waals surface area contributed by atoms with E-state index >= 15 is 0 Å². The van der Waals surface area contributed by atoms with Crippen molar-refractivity contribution in [1.29, 1.82) is 0 Å². The van der Waals surface area contributed by atoms with Gasteiger partial charge >= 0.3 is 0 Å². The molecule has 0 aliphatic carbocycles. The van der Waals surface area contributed by atoms with E-state index in [-0.39, 0.29) is 24.1 Å². The third-order valence-electron chi connectivity index (χ3n) is 3.58. The molecule has 0 bridgehead atoms. The smallest absolute Gasteiger partial charge is 0.0710 e. The van der Waals surface area contributed by atoms with Crippen molar-refractivity contribution in [3.05, 3.63) is 0 Å². The average molecular weight is 230 g/mol. The molecule has 0 aromatic heterocycles. The SMILES string of the molecule is COC1CCN(C(CO)C(N)C(C)(C)C)C1. The quantitative estimate of drug-likeness (QED) is 0.736. The molecule has 3 unspecified atom stereocenters. The molecule has 1 heterocycles. The molecule has 16 heavy (non-hydrogen) atoms. The number of ether oxygens (including phenoxy) is 1. The Balaban J connectivity index is 2.61. The van der Waals surface area contributed by atoms with Crippen LogP contribution in [0.1, 0.15) is 27.2 Å². The van der Waals surface area contributed by atoms with E-state index in [4.69, 9.17) is 10.5 Å². The van der Waals surface area contributed by atoms with E-state index in [9.17, 15) is 5.11 Å². The largest absolute Gasteiger partial charge is 0.395 e. The number of rotatable bonds is 4. The molecule has 1 aliphatic rings. The lowest BCUT2D eigenvalue weighted by Crippen LogP contribution is -2.55. The van der Waals surface area contributed by atoms with Crippen molar-refractivity contribution in [2.75, 3.05) is 26.8 Å². The van der Waals surface area contributed by atoms with Gasteiger partial charge in [-0.2, -0.15) is 0 Å². The molecule has 0 amide bonds. The van der Waals surface area contributed by atoms with Gasteiger partial charge in [0.2, 0.25) is 0 Å². The third-order valence-corrected chi connectivity index (χ3v) is 3.58. The molecule has 3 atom stereocenters. The Hall–Kier alpha value is -0.160. The first-order chi connectivity index (χ1) is 7.40. The Kier molecular flexibility index (Phi) is 4.73. The molecule has 0 aromatic carbocycles. The van der Waals surface area contributed by atoms with Gasteiger partial charge in [-0.1, -0.05) is 20.8 Å². The number of hydrogen-bond acceptors (Lipinski definition) is 4. The zero-order valence-corrected chi connectivity index (χ0v) is 10.9. The van der Waals surface area contributed by atoms with Crippen molar-refractivity contribution >= 4 is 0 Å². The molecule has 1 saturated heterocycles. The molecule has 4 nitrogen and oxygen atoms in total. The summed E-state index contributed by atoms with van der Waals surface area (Å²) in [6.45, 7) is 8.31. The standard InChI is InChI=1S/C12H26N2O2/c1-12(2,3)11(13)10(8-15)14-6-5-9(7-14)16-4/h9-11,15H,5-8,13H2,1-4H3. The second-order valence-electron chi connectivity index (χ2n) is 5.78. The topological polar surface area (TPSA) is 58.7 Å². The van der Waals surface area contributed by atoms with Gasteiger partial charge in [-0.25, -0.2) is 0 Å². The van der Waals surface area contributed by atoms with Crippen LogP contribution in [0.25, 0.3) is 0 Å². The summed E-state index contributed by atoms with van der Waals surface area (Å²) >= 11 is 0. The van der Waals surface area contributed by atoms with E-state index in [0.29, 0.717) is 6.10 Å². The lowest BCUT2D eigenvalue weighted by molar-refractivity contribution is 0.0629. The van der Waals surface area contributed by atoms with Gasteiger partial charge in [-0.3, -0.25) is 4.90 Å². The monoisotopic (exact) mass is 230 g/mol. The minimum absolute atomic E-state index is 0.0125. The van der Waals surface area contributed by atoms with Crippen LogP contribution in [0, 0.1) is 5.41 Å². The first-order valence-corrected chi connectivity index (χ1v) is 6.03. The molecule has 4 heteroatoms. The lowest BCUT2D eigenvalue weighted by atomic mass is 9.82. The average Bonchev–Trinajstić information content (AvgIpc) is 2.66. The van der Waals surface area contributed by atoms with E-state index in [1.54, 1.807) is 7.11 Å². The molecular weight excluding hydrogens is 204 g/mol. The van der Waals surface area contributed by atoms with Crippen molar-refractivity contribution in [1.82, 2.24) is 4.90 Å². The molecule has 1 aliphatic heterocycles. The zero-order chi connectivity index (χ0) is 12.3. The van der Waals surface area contributed by atoms with Crippen molar-refractivity contribution in [2.45, 2.75) is 45.4 Å². The molecule has 0 radical (unpaired) electrons. The molecule has 0 spiro atoms. The fourth-order valence-electron chi connectivity index (χ4n) is 2.28. The molecule has 0 saturated carbocycles.